The van der Waals surface area contributed by atoms with Gasteiger partial charge in [0.25, 0.3) is 5.91 Å². The van der Waals surface area contributed by atoms with Gasteiger partial charge in [-0.25, -0.2) is 9.97 Å². The summed E-state index contributed by atoms with van der Waals surface area (Å²) in [5, 5.41) is 5.91. The molecule has 1 amide bonds. The van der Waals surface area contributed by atoms with Gasteiger partial charge in [0.1, 0.15) is 17.8 Å². The monoisotopic (exact) mass is 364 g/mol. The van der Waals surface area contributed by atoms with Crippen molar-refractivity contribution >= 4 is 33.3 Å². The van der Waals surface area contributed by atoms with Crippen molar-refractivity contribution in [2.75, 3.05) is 30.9 Å². The Morgan fingerprint density at radius 3 is 2.86 bits per heavy atom. The zero-order valence-corrected chi connectivity index (χ0v) is 14.0. The van der Waals surface area contributed by atoms with Gasteiger partial charge in [-0.15, -0.1) is 0 Å². The van der Waals surface area contributed by atoms with E-state index in [1.54, 1.807) is 13.2 Å². The lowest BCUT2D eigenvalue weighted by atomic mass is 10.2. The Kier molecular flexibility index (Phi) is 5.85. The molecule has 0 unspecified atom stereocenters. The molecule has 0 aliphatic heterocycles. The molecule has 0 aliphatic rings. The smallest absolute Gasteiger partial charge is 0.274 e. The number of ether oxygens (including phenoxy) is 1. The Labute approximate surface area is 137 Å². The van der Waals surface area contributed by atoms with Crippen LogP contribution < -0.4 is 10.6 Å². The quantitative estimate of drug-likeness (QED) is 0.770. The summed E-state index contributed by atoms with van der Waals surface area (Å²) in [5.74, 6) is 0.312. The summed E-state index contributed by atoms with van der Waals surface area (Å²) in [6, 6.07) is 7.27. The highest BCUT2D eigenvalue weighted by Gasteiger charge is 2.10. The number of benzene rings is 1. The molecule has 2 rings (SSSR count). The summed E-state index contributed by atoms with van der Waals surface area (Å²) in [4.78, 5) is 20.3. The van der Waals surface area contributed by atoms with Crippen LogP contribution >= 0.6 is 15.9 Å². The fraction of sp³-hybridized carbons (Fsp3) is 0.267. The highest BCUT2D eigenvalue weighted by atomic mass is 79.9. The van der Waals surface area contributed by atoms with E-state index in [-0.39, 0.29) is 5.91 Å². The minimum Gasteiger partial charge on any atom is -0.383 e. The van der Waals surface area contributed by atoms with E-state index >= 15 is 0 Å². The molecule has 7 heteroatoms. The predicted molar refractivity (Wildman–Crippen MR) is 89.2 cm³/mol. The Bertz CT molecular complexity index is 664. The maximum atomic E-state index is 12.3. The largest absolute Gasteiger partial charge is 0.383 e. The van der Waals surface area contributed by atoms with Crippen LogP contribution in [-0.2, 0) is 4.74 Å². The maximum absolute atomic E-state index is 12.3. The second kappa shape index (κ2) is 7.86. The molecule has 1 heterocycles. The van der Waals surface area contributed by atoms with Gasteiger partial charge >= 0.3 is 0 Å². The molecule has 0 bridgehead atoms. The second-order valence-corrected chi connectivity index (χ2v) is 5.54. The number of hydrogen-bond donors (Lipinski definition) is 2. The third-order valence-corrected chi connectivity index (χ3v) is 3.44. The molecule has 1 aromatic heterocycles. The van der Waals surface area contributed by atoms with Crippen LogP contribution in [0.1, 0.15) is 16.1 Å². The number of nitrogens with one attached hydrogen (secondary N) is 2. The van der Waals surface area contributed by atoms with Crippen molar-refractivity contribution in [3.8, 4) is 0 Å². The highest BCUT2D eigenvalue weighted by molar-refractivity contribution is 9.10. The van der Waals surface area contributed by atoms with Gasteiger partial charge in [-0.2, -0.15) is 0 Å². The van der Waals surface area contributed by atoms with E-state index in [0.717, 1.165) is 15.7 Å². The van der Waals surface area contributed by atoms with Crippen molar-refractivity contribution in [1.82, 2.24) is 9.97 Å². The molecule has 0 atom stereocenters. The molecule has 1 aromatic carbocycles. The normalized spacial score (nSPS) is 10.3. The first-order valence-corrected chi connectivity index (χ1v) is 7.52. The summed E-state index contributed by atoms with van der Waals surface area (Å²) in [7, 11) is 1.63. The van der Waals surface area contributed by atoms with Gasteiger partial charge in [0.2, 0.25) is 0 Å². The second-order valence-electron chi connectivity index (χ2n) is 4.62. The average Bonchev–Trinajstić information content (AvgIpc) is 2.50. The van der Waals surface area contributed by atoms with Crippen molar-refractivity contribution in [3.63, 3.8) is 0 Å². The summed E-state index contributed by atoms with van der Waals surface area (Å²) in [5.41, 5.74) is 2.02. The van der Waals surface area contributed by atoms with Crippen molar-refractivity contribution in [3.05, 3.63) is 46.3 Å². The molecule has 0 saturated carbocycles. The first kappa shape index (κ1) is 16.4. The van der Waals surface area contributed by atoms with Gasteiger partial charge in [-0.05, 0) is 30.7 Å². The third-order valence-electron chi connectivity index (χ3n) is 2.95. The molecule has 0 radical (unpaired) electrons. The van der Waals surface area contributed by atoms with Crippen LogP contribution in [0.3, 0.4) is 0 Å². The third kappa shape index (κ3) is 4.51. The number of carbonyl (C=O) groups excluding carboxylic acids is 1. The minimum absolute atomic E-state index is 0.275. The van der Waals surface area contributed by atoms with Crippen molar-refractivity contribution < 1.29 is 9.53 Å². The number of hydrogen-bond acceptors (Lipinski definition) is 5. The van der Waals surface area contributed by atoms with Crippen LogP contribution in [0, 0.1) is 6.92 Å². The van der Waals surface area contributed by atoms with Crippen LogP contribution in [0.15, 0.2) is 35.1 Å². The summed E-state index contributed by atoms with van der Waals surface area (Å²) < 4.78 is 5.92. The van der Waals surface area contributed by atoms with Crippen molar-refractivity contribution in [2.24, 2.45) is 0 Å². The van der Waals surface area contributed by atoms with E-state index in [2.05, 4.69) is 36.5 Å². The molecule has 6 nitrogen and oxygen atoms in total. The first-order valence-electron chi connectivity index (χ1n) is 6.72. The molecule has 116 valence electrons. The zero-order valence-electron chi connectivity index (χ0n) is 12.4. The predicted octanol–water partition coefficient (Wildman–Crippen LogP) is 2.86. The van der Waals surface area contributed by atoms with Gasteiger partial charge in [0.15, 0.2) is 0 Å². The molecule has 0 spiro atoms. The molecule has 22 heavy (non-hydrogen) atoms. The Hall–Kier alpha value is -1.99. The number of rotatable bonds is 6. The molecule has 2 N–H and O–H groups in total. The lowest BCUT2D eigenvalue weighted by Crippen LogP contribution is -2.16. The van der Waals surface area contributed by atoms with Crippen LogP contribution in [-0.4, -0.2) is 36.1 Å². The van der Waals surface area contributed by atoms with E-state index in [0.29, 0.717) is 24.7 Å². The number of methoxy groups -OCH3 is 1. The zero-order chi connectivity index (χ0) is 15.9. The number of carbonyl (C=O) groups is 1. The molecule has 2 aromatic rings. The Balaban J connectivity index is 2.07. The lowest BCUT2D eigenvalue weighted by molar-refractivity contribution is 0.102. The number of nitrogens with zero attached hydrogens (tertiary/aromatic N) is 2. The van der Waals surface area contributed by atoms with Gasteiger partial charge in [0, 0.05) is 29.9 Å². The van der Waals surface area contributed by atoms with E-state index in [1.165, 1.54) is 6.33 Å². The number of amides is 1. The highest BCUT2D eigenvalue weighted by Crippen LogP contribution is 2.20. The van der Waals surface area contributed by atoms with Gasteiger partial charge in [-0.1, -0.05) is 15.9 Å². The number of anilines is 2. The summed E-state index contributed by atoms with van der Waals surface area (Å²) in [6.45, 7) is 3.10. The van der Waals surface area contributed by atoms with E-state index in [1.807, 2.05) is 25.1 Å². The first-order chi connectivity index (χ1) is 10.6. The Morgan fingerprint density at radius 2 is 2.14 bits per heavy atom. The maximum Gasteiger partial charge on any atom is 0.274 e. The van der Waals surface area contributed by atoms with Crippen molar-refractivity contribution in [2.45, 2.75) is 6.92 Å². The number of aryl methyl sites for hydroxylation is 1. The molecular formula is C15H17BrN4O2. The average molecular weight is 365 g/mol. The van der Waals surface area contributed by atoms with Crippen LogP contribution in [0.25, 0.3) is 0 Å². The number of aromatic nitrogens is 2. The van der Waals surface area contributed by atoms with Gasteiger partial charge < -0.3 is 15.4 Å². The fourth-order valence-corrected chi connectivity index (χ4v) is 2.29. The molecule has 0 fully saturated rings. The topological polar surface area (TPSA) is 76.1 Å². The van der Waals surface area contributed by atoms with E-state index in [9.17, 15) is 4.79 Å². The standard InChI is InChI=1S/C15H17BrN4O2/c1-10-7-11(16)3-4-12(10)20-15(21)13-8-14(19-9-18-13)17-5-6-22-2/h3-4,7-9H,5-6H2,1-2H3,(H,20,21)(H,17,18,19). The molecule has 0 saturated heterocycles. The van der Waals surface area contributed by atoms with E-state index in [4.69, 9.17) is 4.74 Å². The van der Waals surface area contributed by atoms with Crippen molar-refractivity contribution in [1.29, 1.82) is 0 Å². The van der Waals surface area contributed by atoms with Crippen LogP contribution in [0.5, 0.6) is 0 Å². The Morgan fingerprint density at radius 1 is 1.32 bits per heavy atom. The van der Waals surface area contributed by atoms with Gasteiger partial charge in [-0.3, -0.25) is 4.79 Å². The SMILES string of the molecule is COCCNc1cc(C(=O)Nc2ccc(Br)cc2C)ncn1. The molecule has 0 aliphatic carbocycles. The summed E-state index contributed by atoms with van der Waals surface area (Å²) >= 11 is 3.40. The lowest BCUT2D eigenvalue weighted by Gasteiger charge is -2.09. The van der Waals surface area contributed by atoms with Gasteiger partial charge in [0.05, 0.1) is 6.61 Å². The van der Waals surface area contributed by atoms with Crippen LogP contribution in [0.2, 0.25) is 0 Å². The summed E-state index contributed by atoms with van der Waals surface area (Å²) in [6.07, 6.45) is 1.36. The minimum atomic E-state index is -0.275. The fourth-order valence-electron chi connectivity index (χ4n) is 1.81. The number of halogens is 1. The van der Waals surface area contributed by atoms with Crippen LogP contribution in [0.4, 0.5) is 11.5 Å². The molecular weight excluding hydrogens is 348 g/mol. The van der Waals surface area contributed by atoms with E-state index < -0.39 is 0 Å².